The Kier molecular flexibility index (Phi) is 3.76. The zero-order chi connectivity index (χ0) is 12.4. The van der Waals surface area contributed by atoms with E-state index in [-0.39, 0.29) is 5.92 Å². The summed E-state index contributed by atoms with van der Waals surface area (Å²) in [6.07, 6.45) is -0.749. The number of aromatic nitrogens is 2. The van der Waals surface area contributed by atoms with Crippen molar-refractivity contribution in [2.24, 2.45) is 0 Å². The first-order chi connectivity index (χ1) is 8.11. The molecule has 0 bridgehead atoms. The zero-order valence-electron chi connectivity index (χ0n) is 9.59. The summed E-state index contributed by atoms with van der Waals surface area (Å²) >= 11 is 7.29. The summed E-state index contributed by atoms with van der Waals surface area (Å²) < 4.78 is 3.91. The van der Waals surface area contributed by atoms with Gasteiger partial charge in [0.25, 0.3) is 0 Å². The Balaban J connectivity index is 2.41. The Morgan fingerprint density at radius 2 is 2.00 bits per heavy atom. The van der Waals surface area contributed by atoms with E-state index in [0.717, 1.165) is 10.6 Å². The van der Waals surface area contributed by atoms with Crippen LogP contribution < -0.4 is 0 Å². The van der Waals surface area contributed by atoms with Gasteiger partial charge in [0.1, 0.15) is 6.10 Å². The van der Waals surface area contributed by atoms with Crippen molar-refractivity contribution < 1.29 is 5.11 Å². The van der Waals surface area contributed by atoms with Crippen LogP contribution in [-0.4, -0.2) is 14.7 Å². The van der Waals surface area contributed by atoms with Gasteiger partial charge < -0.3 is 5.11 Å². The van der Waals surface area contributed by atoms with Crippen molar-refractivity contribution in [3.05, 3.63) is 45.4 Å². The number of hydrogen-bond donors (Lipinski definition) is 1. The lowest BCUT2D eigenvalue weighted by atomic mass is 10.0. The van der Waals surface area contributed by atoms with Crippen LogP contribution in [0.2, 0.25) is 5.02 Å². The second-order valence-corrected chi connectivity index (χ2v) is 5.29. The van der Waals surface area contributed by atoms with Gasteiger partial charge >= 0.3 is 0 Å². The van der Waals surface area contributed by atoms with Crippen molar-refractivity contribution in [2.75, 3.05) is 0 Å². The van der Waals surface area contributed by atoms with Crippen molar-refractivity contribution in [1.82, 2.24) is 9.59 Å². The van der Waals surface area contributed by atoms with Gasteiger partial charge in [0.15, 0.2) is 0 Å². The molecule has 1 N–H and O–H groups in total. The highest BCUT2D eigenvalue weighted by Gasteiger charge is 2.22. The summed E-state index contributed by atoms with van der Waals surface area (Å²) in [4.78, 5) is 0.771. The van der Waals surface area contributed by atoms with E-state index in [9.17, 15) is 5.11 Å². The predicted octanol–water partition coefficient (Wildman–Crippen LogP) is 3.40. The lowest BCUT2D eigenvalue weighted by Gasteiger charge is -2.12. The highest BCUT2D eigenvalue weighted by atomic mass is 35.5. The molecule has 0 saturated heterocycles. The van der Waals surface area contributed by atoms with Crippen LogP contribution in [0.1, 0.15) is 42.0 Å². The summed E-state index contributed by atoms with van der Waals surface area (Å²) in [6, 6.07) is 7.28. The normalized spacial score (nSPS) is 13.0. The maximum atomic E-state index is 10.3. The zero-order valence-corrected chi connectivity index (χ0v) is 11.2. The molecule has 0 aliphatic carbocycles. The van der Waals surface area contributed by atoms with Gasteiger partial charge in [0.05, 0.1) is 10.6 Å². The van der Waals surface area contributed by atoms with Gasteiger partial charge in [-0.1, -0.05) is 48.1 Å². The van der Waals surface area contributed by atoms with Crippen LogP contribution in [-0.2, 0) is 0 Å². The van der Waals surface area contributed by atoms with E-state index in [0.29, 0.717) is 10.6 Å². The molecule has 0 fully saturated rings. The molecule has 1 heterocycles. The maximum Gasteiger partial charge on any atom is 0.118 e. The fourth-order valence-electron chi connectivity index (χ4n) is 1.63. The summed E-state index contributed by atoms with van der Waals surface area (Å²) in [7, 11) is 0. The predicted molar refractivity (Wildman–Crippen MR) is 69.5 cm³/mol. The third-order valence-electron chi connectivity index (χ3n) is 2.54. The van der Waals surface area contributed by atoms with E-state index >= 15 is 0 Å². The van der Waals surface area contributed by atoms with Crippen LogP contribution in [0.15, 0.2) is 24.3 Å². The van der Waals surface area contributed by atoms with Gasteiger partial charge in [-0.3, -0.25) is 0 Å². The molecule has 0 aliphatic heterocycles. The van der Waals surface area contributed by atoms with E-state index in [2.05, 4.69) is 9.59 Å². The molecule has 0 saturated carbocycles. The van der Waals surface area contributed by atoms with Crippen molar-refractivity contribution in [3.8, 4) is 0 Å². The molecule has 90 valence electrons. The fraction of sp³-hybridized carbons (Fsp3) is 0.333. The summed E-state index contributed by atoms with van der Waals surface area (Å²) in [5, 5.41) is 15.0. The van der Waals surface area contributed by atoms with Crippen LogP contribution in [0.3, 0.4) is 0 Å². The van der Waals surface area contributed by atoms with E-state index in [1.54, 1.807) is 6.07 Å². The van der Waals surface area contributed by atoms with E-state index in [4.69, 9.17) is 11.6 Å². The number of benzene rings is 1. The molecular formula is C12H13ClN2OS. The average molecular weight is 269 g/mol. The molecule has 0 aliphatic rings. The molecule has 17 heavy (non-hydrogen) atoms. The SMILES string of the molecule is CC(C)c1nnsc1C(O)c1ccccc1Cl. The minimum atomic E-state index is -0.749. The number of aliphatic hydroxyl groups excluding tert-OH is 1. The molecule has 5 heteroatoms. The van der Waals surface area contributed by atoms with Crippen molar-refractivity contribution in [2.45, 2.75) is 25.9 Å². The maximum absolute atomic E-state index is 10.3. The van der Waals surface area contributed by atoms with Gasteiger partial charge in [0.2, 0.25) is 0 Å². The van der Waals surface area contributed by atoms with Crippen LogP contribution in [0.25, 0.3) is 0 Å². The monoisotopic (exact) mass is 268 g/mol. The van der Waals surface area contributed by atoms with Gasteiger partial charge in [0, 0.05) is 10.6 Å². The highest BCUT2D eigenvalue weighted by Crippen LogP contribution is 2.33. The lowest BCUT2D eigenvalue weighted by Crippen LogP contribution is -2.03. The van der Waals surface area contributed by atoms with Crippen LogP contribution in [0.5, 0.6) is 0 Å². The molecule has 0 amide bonds. The number of hydrogen-bond acceptors (Lipinski definition) is 4. The van der Waals surface area contributed by atoms with Gasteiger partial charge in [-0.2, -0.15) is 0 Å². The number of rotatable bonds is 3. The third kappa shape index (κ3) is 2.49. The Bertz CT molecular complexity index is 513. The highest BCUT2D eigenvalue weighted by molar-refractivity contribution is 7.05. The molecule has 1 atom stereocenters. The molecule has 1 aromatic heterocycles. The molecule has 3 nitrogen and oxygen atoms in total. The van der Waals surface area contributed by atoms with Gasteiger partial charge in [-0.25, -0.2) is 0 Å². The Morgan fingerprint density at radius 3 is 2.65 bits per heavy atom. The van der Waals surface area contributed by atoms with E-state index in [1.807, 2.05) is 32.0 Å². The summed E-state index contributed by atoms with van der Waals surface area (Å²) in [5.41, 5.74) is 1.53. The first-order valence-corrected chi connectivity index (χ1v) is 6.51. The molecular weight excluding hydrogens is 256 g/mol. The molecule has 0 spiro atoms. The molecule has 1 aromatic carbocycles. The fourth-order valence-corrected chi connectivity index (χ4v) is 2.69. The first kappa shape index (κ1) is 12.5. The smallest absolute Gasteiger partial charge is 0.118 e. The van der Waals surface area contributed by atoms with Crippen LogP contribution >= 0.6 is 23.1 Å². The average Bonchev–Trinajstić information content (AvgIpc) is 2.77. The number of aliphatic hydroxyl groups is 1. The minimum Gasteiger partial charge on any atom is -0.383 e. The second kappa shape index (κ2) is 5.12. The van der Waals surface area contributed by atoms with E-state index < -0.39 is 6.10 Å². The van der Waals surface area contributed by atoms with Crippen molar-refractivity contribution in [1.29, 1.82) is 0 Å². The minimum absolute atomic E-state index is 0.237. The lowest BCUT2D eigenvalue weighted by molar-refractivity contribution is 0.222. The van der Waals surface area contributed by atoms with Crippen molar-refractivity contribution in [3.63, 3.8) is 0 Å². The quantitative estimate of drug-likeness (QED) is 0.928. The van der Waals surface area contributed by atoms with Crippen LogP contribution in [0.4, 0.5) is 0 Å². The Hall–Kier alpha value is -0.970. The van der Waals surface area contributed by atoms with Gasteiger partial charge in [-0.15, -0.1) is 5.10 Å². The Morgan fingerprint density at radius 1 is 1.29 bits per heavy atom. The first-order valence-electron chi connectivity index (χ1n) is 5.36. The number of nitrogens with zero attached hydrogens (tertiary/aromatic N) is 2. The topological polar surface area (TPSA) is 46.0 Å². The molecule has 2 aromatic rings. The molecule has 0 radical (unpaired) electrons. The van der Waals surface area contributed by atoms with Gasteiger partial charge in [-0.05, 0) is 23.5 Å². The Labute approximate surface area is 109 Å². The van der Waals surface area contributed by atoms with E-state index in [1.165, 1.54) is 11.5 Å². The standard InChI is InChI=1S/C12H13ClN2OS/c1-7(2)10-12(17-15-14-10)11(16)8-5-3-4-6-9(8)13/h3-7,11,16H,1-2H3. The second-order valence-electron chi connectivity index (χ2n) is 4.10. The molecule has 1 unspecified atom stereocenters. The third-order valence-corrected chi connectivity index (χ3v) is 3.67. The summed E-state index contributed by atoms with van der Waals surface area (Å²) in [5.74, 6) is 0.237. The largest absolute Gasteiger partial charge is 0.383 e. The number of halogens is 1. The molecule has 2 rings (SSSR count). The van der Waals surface area contributed by atoms with Crippen molar-refractivity contribution >= 4 is 23.1 Å². The van der Waals surface area contributed by atoms with Crippen LogP contribution in [0, 0.1) is 0 Å². The summed E-state index contributed by atoms with van der Waals surface area (Å²) in [6.45, 7) is 4.05.